The molecule has 0 aliphatic carbocycles. The van der Waals surface area contributed by atoms with Gasteiger partial charge in [-0.25, -0.2) is 4.79 Å². The van der Waals surface area contributed by atoms with Gasteiger partial charge in [-0.3, -0.25) is 0 Å². The van der Waals surface area contributed by atoms with Gasteiger partial charge in [-0.05, 0) is 18.2 Å². The first-order valence-electron chi connectivity index (χ1n) is 4.60. The number of hydrogen-bond donors (Lipinski definition) is 2. The van der Waals surface area contributed by atoms with Crippen molar-refractivity contribution in [2.75, 3.05) is 7.11 Å². The molecular formula is C10H10BrN3O2. The number of nitrogens with zero attached hydrogens (tertiary/aromatic N) is 1. The van der Waals surface area contributed by atoms with Gasteiger partial charge in [0.2, 0.25) is 0 Å². The van der Waals surface area contributed by atoms with Crippen LogP contribution in [0.15, 0.2) is 27.7 Å². The Balaban J connectivity index is 2.44. The van der Waals surface area contributed by atoms with E-state index in [4.69, 9.17) is 10.5 Å². The largest absolute Gasteiger partial charge is 0.496 e. The summed E-state index contributed by atoms with van der Waals surface area (Å²) in [7, 11) is 1.57. The van der Waals surface area contributed by atoms with Crippen LogP contribution in [0.2, 0.25) is 0 Å². The minimum Gasteiger partial charge on any atom is -0.496 e. The number of methoxy groups -OCH3 is 1. The lowest BCUT2D eigenvalue weighted by Gasteiger charge is -2.15. The molecule has 84 valence electrons. The highest BCUT2D eigenvalue weighted by Gasteiger charge is 2.27. The Morgan fingerprint density at radius 2 is 2.31 bits per heavy atom. The molecule has 2 rings (SSSR count). The molecule has 3 N–H and O–H groups in total. The van der Waals surface area contributed by atoms with Crippen molar-refractivity contribution in [2.24, 2.45) is 10.7 Å². The number of carbonyl (C=O) groups excluding carboxylic acids is 1. The lowest BCUT2D eigenvalue weighted by atomic mass is 10.1. The average molecular weight is 284 g/mol. The van der Waals surface area contributed by atoms with Gasteiger partial charge in [0.05, 0.1) is 7.11 Å². The molecule has 1 aliphatic rings. The molecule has 2 amide bonds. The maximum atomic E-state index is 11.1. The third-order valence-electron chi connectivity index (χ3n) is 2.30. The monoisotopic (exact) mass is 283 g/mol. The zero-order valence-electron chi connectivity index (χ0n) is 8.53. The van der Waals surface area contributed by atoms with E-state index in [0.29, 0.717) is 5.75 Å². The Hall–Kier alpha value is -1.56. The smallest absolute Gasteiger partial charge is 0.343 e. The molecular weight excluding hydrogens is 274 g/mol. The van der Waals surface area contributed by atoms with Crippen LogP contribution in [0, 0.1) is 0 Å². The summed E-state index contributed by atoms with van der Waals surface area (Å²) in [5, 5.41) is 2.65. The average Bonchev–Trinajstić information content (AvgIpc) is 2.57. The van der Waals surface area contributed by atoms with Gasteiger partial charge in [-0.2, -0.15) is 4.99 Å². The summed E-state index contributed by atoms with van der Waals surface area (Å²) in [5.74, 6) is 0.912. The second kappa shape index (κ2) is 4.13. The Bertz CT molecular complexity index is 473. The van der Waals surface area contributed by atoms with Crippen molar-refractivity contribution in [1.82, 2.24) is 5.32 Å². The molecule has 0 fully saturated rings. The van der Waals surface area contributed by atoms with Crippen molar-refractivity contribution in [3.05, 3.63) is 28.2 Å². The van der Waals surface area contributed by atoms with E-state index in [0.717, 1.165) is 10.0 Å². The molecule has 0 saturated carbocycles. The quantitative estimate of drug-likeness (QED) is 0.865. The van der Waals surface area contributed by atoms with Gasteiger partial charge in [0.15, 0.2) is 0 Å². The van der Waals surface area contributed by atoms with Crippen LogP contribution < -0.4 is 15.8 Å². The zero-order chi connectivity index (χ0) is 11.7. The number of carbonyl (C=O) groups is 1. The van der Waals surface area contributed by atoms with Gasteiger partial charge in [0.25, 0.3) is 0 Å². The maximum absolute atomic E-state index is 11.1. The number of nitrogens with one attached hydrogen (secondary N) is 1. The second-order valence-electron chi connectivity index (χ2n) is 3.31. The SMILES string of the molecule is COc1ccc(Br)cc1C1NC(=O)N=C1N. The number of halogens is 1. The first-order valence-corrected chi connectivity index (χ1v) is 5.39. The number of amidine groups is 1. The number of aliphatic imine (C=N–C) groups is 1. The van der Waals surface area contributed by atoms with Crippen LogP contribution in [-0.2, 0) is 0 Å². The van der Waals surface area contributed by atoms with Crippen molar-refractivity contribution < 1.29 is 9.53 Å². The second-order valence-corrected chi connectivity index (χ2v) is 4.22. The Labute approximate surface area is 101 Å². The molecule has 6 heteroatoms. The van der Waals surface area contributed by atoms with Crippen LogP contribution in [-0.4, -0.2) is 19.0 Å². The van der Waals surface area contributed by atoms with E-state index in [2.05, 4.69) is 26.2 Å². The fourth-order valence-electron chi connectivity index (χ4n) is 1.58. The van der Waals surface area contributed by atoms with Crippen molar-refractivity contribution in [3.8, 4) is 5.75 Å². The van der Waals surface area contributed by atoms with E-state index in [1.165, 1.54) is 0 Å². The summed E-state index contributed by atoms with van der Waals surface area (Å²) < 4.78 is 6.10. The molecule has 1 aromatic rings. The molecule has 1 atom stereocenters. The van der Waals surface area contributed by atoms with Crippen molar-refractivity contribution in [3.63, 3.8) is 0 Å². The Morgan fingerprint density at radius 3 is 2.88 bits per heavy atom. The molecule has 0 saturated heterocycles. The van der Waals surface area contributed by atoms with Crippen LogP contribution >= 0.6 is 15.9 Å². The highest BCUT2D eigenvalue weighted by atomic mass is 79.9. The van der Waals surface area contributed by atoms with Crippen LogP contribution in [0.5, 0.6) is 5.75 Å². The number of urea groups is 1. The zero-order valence-corrected chi connectivity index (χ0v) is 10.1. The first-order chi connectivity index (χ1) is 7.61. The number of amides is 2. The molecule has 0 aromatic heterocycles. The van der Waals surface area contributed by atoms with E-state index in [1.54, 1.807) is 13.2 Å². The van der Waals surface area contributed by atoms with Crippen molar-refractivity contribution in [1.29, 1.82) is 0 Å². The molecule has 0 radical (unpaired) electrons. The summed E-state index contributed by atoms with van der Waals surface area (Å²) in [4.78, 5) is 14.7. The predicted octanol–water partition coefficient (Wildman–Crippen LogP) is 1.58. The molecule has 0 spiro atoms. The summed E-state index contributed by atoms with van der Waals surface area (Å²) in [6, 6.07) is 4.66. The third kappa shape index (κ3) is 1.88. The number of rotatable bonds is 2. The van der Waals surface area contributed by atoms with Crippen molar-refractivity contribution >= 4 is 27.8 Å². The molecule has 1 heterocycles. The van der Waals surface area contributed by atoms with E-state index in [-0.39, 0.29) is 5.84 Å². The standard InChI is InChI=1S/C10H10BrN3O2/c1-16-7-3-2-5(11)4-6(7)8-9(12)14-10(15)13-8/h2-4,8H,1H3,(H3,12,13,14,15). The number of nitrogens with two attached hydrogens (primary N) is 1. The van der Waals surface area contributed by atoms with E-state index in [1.807, 2.05) is 12.1 Å². The third-order valence-corrected chi connectivity index (χ3v) is 2.79. The van der Waals surface area contributed by atoms with E-state index < -0.39 is 12.1 Å². The number of benzene rings is 1. The molecule has 16 heavy (non-hydrogen) atoms. The highest BCUT2D eigenvalue weighted by molar-refractivity contribution is 9.10. The maximum Gasteiger partial charge on any atom is 0.343 e. The molecule has 1 aromatic carbocycles. The molecule has 5 nitrogen and oxygen atoms in total. The van der Waals surface area contributed by atoms with Crippen molar-refractivity contribution in [2.45, 2.75) is 6.04 Å². The fourth-order valence-corrected chi connectivity index (χ4v) is 1.96. The van der Waals surface area contributed by atoms with E-state index in [9.17, 15) is 4.79 Å². The normalized spacial score (nSPS) is 19.2. The lowest BCUT2D eigenvalue weighted by molar-refractivity contribution is 0.250. The summed E-state index contributed by atoms with van der Waals surface area (Å²) in [5.41, 5.74) is 6.45. The highest BCUT2D eigenvalue weighted by Crippen LogP contribution is 2.30. The van der Waals surface area contributed by atoms with Crippen LogP contribution in [0.25, 0.3) is 0 Å². The van der Waals surface area contributed by atoms with Gasteiger partial charge in [0, 0.05) is 10.0 Å². The lowest BCUT2D eigenvalue weighted by Crippen LogP contribution is -2.28. The number of hydrogen-bond acceptors (Lipinski definition) is 3. The Kier molecular flexibility index (Phi) is 2.82. The summed E-state index contributed by atoms with van der Waals surface area (Å²) in [6.07, 6.45) is 0. The Morgan fingerprint density at radius 1 is 1.56 bits per heavy atom. The van der Waals surface area contributed by atoms with Gasteiger partial charge >= 0.3 is 6.03 Å². The van der Waals surface area contributed by atoms with E-state index >= 15 is 0 Å². The van der Waals surface area contributed by atoms with Crippen LogP contribution in [0.3, 0.4) is 0 Å². The minimum atomic E-state index is -0.426. The van der Waals surface area contributed by atoms with Gasteiger partial charge < -0.3 is 15.8 Å². The summed E-state index contributed by atoms with van der Waals surface area (Å²) >= 11 is 3.36. The van der Waals surface area contributed by atoms with Crippen LogP contribution in [0.1, 0.15) is 11.6 Å². The molecule has 0 bridgehead atoms. The first kappa shape index (κ1) is 10.9. The van der Waals surface area contributed by atoms with Gasteiger partial charge in [0.1, 0.15) is 17.6 Å². The molecule has 1 unspecified atom stereocenters. The minimum absolute atomic E-state index is 0.251. The number of ether oxygens (including phenoxy) is 1. The predicted molar refractivity (Wildman–Crippen MR) is 63.6 cm³/mol. The topological polar surface area (TPSA) is 76.7 Å². The van der Waals surface area contributed by atoms with Gasteiger partial charge in [-0.15, -0.1) is 0 Å². The van der Waals surface area contributed by atoms with Crippen LogP contribution in [0.4, 0.5) is 4.79 Å². The summed E-state index contributed by atoms with van der Waals surface area (Å²) in [6.45, 7) is 0. The fraction of sp³-hybridized carbons (Fsp3) is 0.200. The molecule has 1 aliphatic heterocycles. The van der Waals surface area contributed by atoms with Gasteiger partial charge in [-0.1, -0.05) is 15.9 Å².